The van der Waals surface area contributed by atoms with Crippen LogP contribution in [-0.2, 0) is 11.2 Å². The van der Waals surface area contributed by atoms with Gasteiger partial charge in [-0.05, 0) is 59.8 Å². The Balaban J connectivity index is 2.79. The lowest BCUT2D eigenvalue weighted by atomic mass is 10.0. The summed E-state index contributed by atoms with van der Waals surface area (Å²) in [6, 6.07) is 7.60. The zero-order valence-corrected chi connectivity index (χ0v) is 12.3. The summed E-state index contributed by atoms with van der Waals surface area (Å²) in [5, 5.41) is 9.28. The van der Waals surface area contributed by atoms with Crippen LogP contribution in [0.15, 0.2) is 24.3 Å². The van der Waals surface area contributed by atoms with E-state index in [2.05, 4.69) is 22.6 Å². The number of halogens is 1. The van der Waals surface area contributed by atoms with E-state index in [1.165, 1.54) is 3.57 Å². The average Bonchev–Trinajstić information content (AvgIpc) is 2.31. The zero-order valence-electron chi connectivity index (χ0n) is 10.2. The number of hydrogen-bond donors (Lipinski definition) is 1. The van der Waals surface area contributed by atoms with Crippen LogP contribution in [-0.4, -0.2) is 35.1 Å². The fraction of sp³-hybridized carbons (Fsp3) is 0.462. The predicted molar refractivity (Wildman–Crippen MR) is 77.2 cm³/mol. The van der Waals surface area contributed by atoms with Gasteiger partial charge in [-0.15, -0.1) is 0 Å². The molecule has 0 aliphatic heterocycles. The van der Waals surface area contributed by atoms with Gasteiger partial charge in [-0.3, -0.25) is 9.69 Å². The van der Waals surface area contributed by atoms with Gasteiger partial charge < -0.3 is 5.11 Å². The third-order valence-electron chi connectivity index (χ3n) is 2.88. The molecule has 1 N–H and O–H groups in total. The number of likely N-dealkylation sites (N-methyl/N-ethyl adjacent to an activating group) is 1. The Morgan fingerprint density at radius 2 is 1.82 bits per heavy atom. The second kappa shape index (κ2) is 6.96. The summed E-state index contributed by atoms with van der Waals surface area (Å²) in [6.45, 7) is 5.51. The Hall–Kier alpha value is -0.620. The smallest absolute Gasteiger partial charge is 0.321 e. The van der Waals surface area contributed by atoms with Crippen molar-refractivity contribution >= 4 is 28.6 Å². The first-order chi connectivity index (χ1) is 8.08. The Morgan fingerprint density at radius 3 is 2.24 bits per heavy atom. The molecular weight excluding hydrogens is 329 g/mol. The predicted octanol–water partition coefficient (Wildman–Crippen LogP) is 2.63. The summed E-state index contributed by atoms with van der Waals surface area (Å²) < 4.78 is 1.17. The maximum atomic E-state index is 11.3. The summed E-state index contributed by atoms with van der Waals surface area (Å²) in [6.07, 6.45) is 0.563. The molecule has 1 rings (SSSR count). The van der Waals surface area contributed by atoms with Crippen molar-refractivity contribution in [2.75, 3.05) is 13.1 Å². The third kappa shape index (κ3) is 4.27. The van der Waals surface area contributed by atoms with Crippen LogP contribution in [0.25, 0.3) is 0 Å². The van der Waals surface area contributed by atoms with Crippen molar-refractivity contribution in [3.8, 4) is 0 Å². The van der Waals surface area contributed by atoms with E-state index < -0.39 is 12.0 Å². The number of hydrogen-bond acceptors (Lipinski definition) is 2. The topological polar surface area (TPSA) is 40.5 Å². The molecule has 94 valence electrons. The average molecular weight is 347 g/mol. The van der Waals surface area contributed by atoms with Gasteiger partial charge in [-0.1, -0.05) is 26.0 Å². The van der Waals surface area contributed by atoms with Gasteiger partial charge in [-0.2, -0.15) is 0 Å². The highest BCUT2D eigenvalue weighted by atomic mass is 127. The fourth-order valence-electron chi connectivity index (χ4n) is 1.88. The van der Waals surface area contributed by atoms with Gasteiger partial charge in [0.15, 0.2) is 0 Å². The Morgan fingerprint density at radius 1 is 1.29 bits per heavy atom. The number of carboxylic acid groups (broad SMARTS) is 1. The van der Waals surface area contributed by atoms with Crippen molar-refractivity contribution < 1.29 is 9.90 Å². The second-order valence-corrected chi connectivity index (χ2v) is 5.15. The van der Waals surface area contributed by atoms with Crippen LogP contribution in [0.2, 0.25) is 0 Å². The number of aliphatic carboxylic acids is 1. The maximum Gasteiger partial charge on any atom is 0.321 e. The van der Waals surface area contributed by atoms with Gasteiger partial charge in [0.2, 0.25) is 0 Å². The largest absolute Gasteiger partial charge is 0.480 e. The number of rotatable bonds is 6. The van der Waals surface area contributed by atoms with E-state index in [9.17, 15) is 9.90 Å². The van der Waals surface area contributed by atoms with Crippen LogP contribution < -0.4 is 0 Å². The van der Waals surface area contributed by atoms with Crippen molar-refractivity contribution in [1.29, 1.82) is 0 Å². The van der Waals surface area contributed by atoms with E-state index in [1.54, 1.807) is 0 Å². The molecule has 1 aromatic carbocycles. The Kier molecular flexibility index (Phi) is 5.91. The number of benzene rings is 1. The highest BCUT2D eigenvalue weighted by Crippen LogP contribution is 2.12. The minimum Gasteiger partial charge on any atom is -0.480 e. The van der Waals surface area contributed by atoms with Gasteiger partial charge in [0, 0.05) is 3.57 Å². The SMILES string of the molecule is CCN(CC)[C@H](Cc1ccc(I)cc1)C(=O)O. The Bertz CT molecular complexity index is 360. The summed E-state index contributed by atoms with van der Waals surface area (Å²) in [5.74, 6) is -0.743. The van der Waals surface area contributed by atoms with Crippen LogP contribution >= 0.6 is 22.6 Å². The minimum absolute atomic E-state index is 0.426. The van der Waals surface area contributed by atoms with Crippen molar-refractivity contribution in [2.24, 2.45) is 0 Å². The van der Waals surface area contributed by atoms with E-state index in [4.69, 9.17) is 0 Å². The van der Waals surface area contributed by atoms with Crippen LogP contribution in [0.3, 0.4) is 0 Å². The van der Waals surface area contributed by atoms with Crippen LogP contribution in [0, 0.1) is 3.57 Å². The van der Waals surface area contributed by atoms with E-state index in [0.717, 1.165) is 18.7 Å². The third-order valence-corrected chi connectivity index (χ3v) is 3.60. The van der Waals surface area contributed by atoms with Crippen molar-refractivity contribution in [3.05, 3.63) is 33.4 Å². The molecule has 0 saturated carbocycles. The molecule has 0 radical (unpaired) electrons. The molecule has 0 aliphatic rings. The molecule has 3 nitrogen and oxygen atoms in total. The van der Waals surface area contributed by atoms with Gasteiger partial charge in [0.1, 0.15) is 6.04 Å². The molecule has 0 saturated heterocycles. The standard InChI is InChI=1S/C13H18INO2/c1-3-15(4-2)12(13(16)17)9-10-5-7-11(14)8-6-10/h5-8,12H,3-4,9H2,1-2H3,(H,16,17)/t12-/m1/s1. The second-order valence-electron chi connectivity index (χ2n) is 3.91. The lowest BCUT2D eigenvalue weighted by Crippen LogP contribution is -2.42. The zero-order chi connectivity index (χ0) is 12.8. The van der Waals surface area contributed by atoms with E-state index in [1.807, 2.05) is 43.0 Å². The van der Waals surface area contributed by atoms with Crippen molar-refractivity contribution in [2.45, 2.75) is 26.3 Å². The number of nitrogens with zero attached hydrogens (tertiary/aromatic N) is 1. The first-order valence-corrected chi connectivity index (χ1v) is 6.87. The first-order valence-electron chi connectivity index (χ1n) is 5.79. The van der Waals surface area contributed by atoms with Crippen molar-refractivity contribution in [1.82, 2.24) is 4.90 Å². The summed E-state index contributed by atoms with van der Waals surface area (Å²) >= 11 is 2.24. The van der Waals surface area contributed by atoms with Crippen molar-refractivity contribution in [3.63, 3.8) is 0 Å². The molecule has 0 unspecified atom stereocenters. The van der Waals surface area contributed by atoms with Gasteiger partial charge in [0.25, 0.3) is 0 Å². The monoisotopic (exact) mass is 347 g/mol. The maximum absolute atomic E-state index is 11.3. The molecule has 0 aromatic heterocycles. The van der Waals surface area contributed by atoms with Gasteiger partial charge in [0.05, 0.1) is 0 Å². The molecule has 0 bridgehead atoms. The van der Waals surface area contributed by atoms with Crippen LogP contribution in [0.4, 0.5) is 0 Å². The quantitative estimate of drug-likeness (QED) is 0.805. The molecule has 4 heteroatoms. The van der Waals surface area contributed by atoms with Crippen LogP contribution in [0.1, 0.15) is 19.4 Å². The minimum atomic E-state index is -0.743. The van der Waals surface area contributed by atoms with E-state index in [0.29, 0.717) is 6.42 Å². The molecular formula is C13H18INO2. The van der Waals surface area contributed by atoms with E-state index >= 15 is 0 Å². The molecule has 0 amide bonds. The lowest BCUT2D eigenvalue weighted by molar-refractivity contribution is -0.143. The first kappa shape index (κ1) is 14.4. The molecule has 1 atom stereocenters. The fourth-order valence-corrected chi connectivity index (χ4v) is 2.24. The summed E-state index contributed by atoms with van der Waals surface area (Å²) in [7, 11) is 0. The van der Waals surface area contributed by atoms with Gasteiger partial charge >= 0.3 is 5.97 Å². The molecule has 0 aliphatic carbocycles. The normalized spacial score (nSPS) is 12.7. The van der Waals surface area contributed by atoms with Gasteiger partial charge in [-0.25, -0.2) is 0 Å². The highest BCUT2D eigenvalue weighted by Gasteiger charge is 2.23. The highest BCUT2D eigenvalue weighted by molar-refractivity contribution is 14.1. The number of carboxylic acids is 1. The lowest BCUT2D eigenvalue weighted by Gasteiger charge is -2.26. The molecule has 17 heavy (non-hydrogen) atoms. The molecule has 0 fully saturated rings. The molecule has 1 aromatic rings. The van der Waals surface area contributed by atoms with Crippen LogP contribution in [0.5, 0.6) is 0 Å². The molecule has 0 spiro atoms. The summed E-state index contributed by atoms with van der Waals surface area (Å²) in [5.41, 5.74) is 1.07. The molecule has 0 heterocycles. The van der Waals surface area contributed by atoms with E-state index in [-0.39, 0.29) is 0 Å². The summed E-state index contributed by atoms with van der Waals surface area (Å²) in [4.78, 5) is 13.3. The Labute approximate surface area is 116 Å². The number of carbonyl (C=O) groups is 1.